The molecule has 0 unspecified atom stereocenters. The second-order valence-electron chi connectivity index (χ2n) is 30.6. The summed E-state index contributed by atoms with van der Waals surface area (Å²) in [5.74, 6) is 0. The van der Waals surface area contributed by atoms with Gasteiger partial charge in [0.2, 0.25) is 0 Å². The third-order valence-electron chi connectivity index (χ3n) is 24.5. The van der Waals surface area contributed by atoms with Crippen LogP contribution in [0, 0.1) is 0 Å². The quantitative estimate of drug-likeness (QED) is 0.135. The van der Waals surface area contributed by atoms with Crippen LogP contribution in [0.5, 0.6) is 0 Å². The molecule has 19 aromatic carbocycles. The van der Waals surface area contributed by atoms with Crippen LogP contribution in [0.3, 0.4) is 0 Å². The number of nitrogens with zero attached hydrogens (tertiary/aromatic N) is 4. The zero-order valence-corrected chi connectivity index (χ0v) is 61.6. The highest BCUT2D eigenvalue weighted by Gasteiger charge is 2.24. The first kappa shape index (κ1) is 62.6. The molecule has 0 aliphatic rings. The molecule has 0 amide bonds. The van der Waals surface area contributed by atoms with E-state index in [0.717, 1.165) is 127 Å². The van der Waals surface area contributed by atoms with E-state index in [1.165, 1.54) is 114 Å². The average Bonchev–Trinajstić information content (AvgIpc) is 1.58. The van der Waals surface area contributed by atoms with Crippen molar-refractivity contribution in [1.29, 1.82) is 0 Å². The van der Waals surface area contributed by atoms with Gasteiger partial charge in [0.15, 0.2) is 11.2 Å². The van der Waals surface area contributed by atoms with Gasteiger partial charge in [-0.25, -0.2) is 0 Å². The maximum atomic E-state index is 6.68. The number of benzene rings is 19. The van der Waals surface area contributed by atoms with Crippen molar-refractivity contribution in [2.45, 2.75) is 0 Å². The molecular weight excluding hydrogens is 1390 g/mol. The lowest BCUT2D eigenvalue weighted by molar-refractivity contribution is 0.666. The zero-order chi connectivity index (χ0) is 74.4. The number of aromatic nitrogens is 4. The molecular formula is C108H64N4O2. The summed E-state index contributed by atoms with van der Waals surface area (Å²) in [5.41, 5.74) is 28.7. The number of hydrogen-bond donors (Lipinski definition) is 0. The van der Waals surface area contributed by atoms with E-state index in [-0.39, 0.29) is 0 Å². The van der Waals surface area contributed by atoms with Gasteiger partial charge in [0.25, 0.3) is 0 Å². The fourth-order valence-corrected chi connectivity index (χ4v) is 19.2. The van der Waals surface area contributed by atoms with Crippen LogP contribution in [0.1, 0.15) is 0 Å². The summed E-state index contributed by atoms with van der Waals surface area (Å²) < 4.78 is 23.0. The van der Waals surface area contributed by atoms with Gasteiger partial charge in [-0.15, -0.1) is 0 Å². The lowest BCUT2D eigenvalue weighted by atomic mass is 9.91. The van der Waals surface area contributed by atoms with Crippen LogP contribution in [0.25, 0.3) is 242 Å². The van der Waals surface area contributed by atoms with Crippen LogP contribution in [-0.2, 0) is 0 Å². The molecule has 0 spiro atoms. The Morgan fingerprint density at radius 1 is 0.158 bits per heavy atom. The van der Waals surface area contributed by atoms with Gasteiger partial charge in [-0.1, -0.05) is 255 Å². The van der Waals surface area contributed by atoms with Crippen molar-refractivity contribution < 1.29 is 8.83 Å². The predicted molar refractivity (Wildman–Crippen MR) is 478 cm³/mol. The largest absolute Gasteiger partial charge is 0.454 e. The van der Waals surface area contributed by atoms with E-state index in [1.54, 1.807) is 0 Å². The second-order valence-corrected chi connectivity index (χ2v) is 30.6. The number of hydrogen-bond acceptors (Lipinski definition) is 2. The molecule has 6 nitrogen and oxygen atoms in total. The Balaban J connectivity index is 0.576. The second kappa shape index (κ2) is 24.1. The minimum atomic E-state index is 0.884. The molecule has 6 aromatic heterocycles. The topological polar surface area (TPSA) is 46.0 Å². The van der Waals surface area contributed by atoms with E-state index in [1.807, 2.05) is 12.1 Å². The normalized spacial score (nSPS) is 12.2. The molecule has 0 N–H and O–H groups in total. The number of para-hydroxylation sites is 7. The molecule has 25 aromatic rings. The number of rotatable bonds is 9. The van der Waals surface area contributed by atoms with E-state index in [2.05, 4.69) is 394 Å². The van der Waals surface area contributed by atoms with Gasteiger partial charge >= 0.3 is 0 Å². The Bertz CT molecular complexity index is 8420. The highest BCUT2D eigenvalue weighted by Crippen LogP contribution is 2.47. The maximum Gasteiger partial charge on any atom is 0.159 e. The molecule has 6 heterocycles. The summed E-state index contributed by atoms with van der Waals surface area (Å²) in [6.07, 6.45) is 0. The van der Waals surface area contributed by atoms with Crippen molar-refractivity contribution in [3.8, 4) is 78.4 Å². The third kappa shape index (κ3) is 9.31. The molecule has 0 aliphatic heterocycles. The first-order chi connectivity index (χ1) is 56.5. The van der Waals surface area contributed by atoms with Gasteiger partial charge in [0.05, 0.1) is 55.5 Å². The van der Waals surface area contributed by atoms with Crippen molar-refractivity contribution in [3.05, 3.63) is 388 Å². The van der Waals surface area contributed by atoms with Crippen LogP contribution < -0.4 is 0 Å². The van der Waals surface area contributed by atoms with Gasteiger partial charge in [0, 0.05) is 76.0 Å². The van der Waals surface area contributed by atoms with Crippen LogP contribution >= 0.6 is 0 Å². The number of fused-ring (bicyclic) bond motifs is 22. The minimum Gasteiger partial charge on any atom is -0.454 e. The summed E-state index contributed by atoms with van der Waals surface area (Å²) in [4.78, 5) is 0. The summed E-state index contributed by atoms with van der Waals surface area (Å²) in [5, 5.41) is 21.4. The highest BCUT2D eigenvalue weighted by atomic mass is 16.3. The van der Waals surface area contributed by atoms with Crippen molar-refractivity contribution >= 4 is 163 Å². The van der Waals surface area contributed by atoms with Crippen LogP contribution in [0.2, 0.25) is 0 Å². The fraction of sp³-hybridized carbons (Fsp3) is 0. The monoisotopic (exact) mass is 1450 g/mol. The highest BCUT2D eigenvalue weighted by molar-refractivity contribution is 6.19. The molecule has 0 radical (unpaired) electrons. The Hall–Kier alpha value is -15.2. The number of furan rings is 2. The van der Waals surface area contributed by atoms with Crippen molar-refractivity contribution in [3.63, 3.8) is 0 Å². The van der Waals surface area contributed by atoms with Gasteiger partial charge in [-0.05, 0) is 221 Å². The minimum absolute atomic E-state index is 0.884. The first-order valence-electron chi connectivity index (χ1n) is 39.2. The van der Waals surface area contributed by atoms with Crippen LogP contribution in [0.4, 0.5) is 0 Å². The third-order valence-corrected chi connectivity index (χ3v) is 24.5. The molecule has 0 atom stereocenters. The van der Waals surface area contributed by atoms with E-state index >= 15 is 0 Å². The molecule has 0 saturated heterocycles. The molecule has 114 heavy (non-hydrogen) atoms. The van der Waals surface area contributed by atoms with E-state index in [0.29, 0.717) is 0 Å². The van der Waals surface area contributed by atoms with E-state index < -0.39 is 0 Å². The van der Waals surface area contributed by atoms with Crippen LogP contribution in [-0.4, -0.2) is 18.3 Å². The van der Waals surface area contributed by atoms with Gasteiger partial charge < -0.3 is 27.1 Å². The summed E-state index contributed by atoms with van der Waals surface area (Å²) >= 11 is 0. The van der Waals surface area contributed by atoms with Gasteiger partial charge in [-0.3, -0.25) is 0 Å². The van der Waals surface area contributed by atoms with E-state index in [4.69, 9.17) is 8.83 Å². The zero-order valence-electron chi connectivity index (χ0n) is 61.6. The molecule has 0 bridgehead atoms. The first-order valence-corrected chi connectivity index (χ1v) is 39.2. The molecule has 0 fully saturated rings. The Morgan fingerprint density at radius 2 is 0.500 bits per heavy atom. The summed E-state index contributed by atoms with van der Waals surface area (Å²) in [7, 11) is 0. The van der Waals surface area contributed by atoms with Gasteiger partial charge in [-0.2, -0.15) is 0 Å². The average molecular weight is 1450 g/mol. The summed E-state index contributed by atoms with van der Waals surface area (Å²) in [6.45, 7) is 0. The SMILES string of the molecule is c1ccc2cc(-c3ccc(-n4c5ccc(-c6ccc7cc(-c8ccc(-n9c%10ccccc%10c%10ccc(-c%11ccc%12c(c%11)c%11ccccc%11n%12-c%11cccc%12c%11oc%11ccccc%11%12)cc%109)cc8)c8ccccc8c7c6)cc5c5ccc(-c6ccc7c(c6)c6ccccc6n7-c6cccc7c6oc6ccccc67)cc54)cc3)ccc2c1. The van der Waals surface area contributed by atoms with Crippen molar-refractivity contribution in [2.75, 3.05) is 0 Å². The summed E-state index contributed by atoms with van der Waals surface area (Å²) in [6, 6.07) is 143. The Morgan fingerprint density at radius 3 is 1.04 bits per heavy atom. The Labute approximate surface area is 652 Å². The smallest absolute Gasteiger partial charge is 0.159 e. The molecule has 0 aliphatic carbocycles. The lowest BCUT2D eigenvalue weighted by Gasteiger charge is -2.14. The van der Waals surface area contributed by atoms with E-state index in [9.17, 15) is 0 Å². The van der Waals surface area contributed by atoms with Gasteiger partial charge in [0.1, 0.15) is 11.2 Å². The Kier molecular flexibility index (Phi) is 13.3. The maximum absolute atomic E-state index is 6.68. The molecule has 6 heteroatoms. The lowest BCUT2D eigenvalue weighted by Crippen LogP contribution is -1.95. The van der Waals surface area contributed by atoms with Crippen molar-refractivity contribution in [1.82, 2.24) is 18.3 Å². The predicted octanol–water partition coefficient (Wildman–Crippen LogP) is 29.7. The molecule has 0 saturated carbocycles. The fourth-order valence-electron chi connectivity index (χ4n) is 19.2. The molecule has 528 valence electrons. The van der Waals surface area contributed by atoms with Crippen molar-refractivity contribution in [2.24, 2.45) is 0 Å². The molecule has 25 rings (SSSR count). The van der Waals surface area contributed by atoms with Crippen LogP contribution in [0.15, 0.2) is 397 Å². The standard InChI is InChI=1S/C108H64N4O2/c1-2-18-68-57-69(36-35-65(68)17-1)66-39-48-77(49-40-66)110-98-54-45-71(59-94(98)85-53-44-75(64-104(85)110)73-47-56-100-93(61-73)83-23-7-12-30-97(83)112(100)102-32-16-27-89-87-25-9-14-34-106(87)114-108(89)102)70-37-38-76-62-90(79-19-3-4-20-80(79)91(76)58-70)67-41-50-78(51-42-67)109-95-28-10-5-21-81(95)84-52-43-74(63-103(84)109)72-46-55-99-92(60-72)82-22-6-11-29-96(82)111(99)101-31-15-26-88-86-24-8-13-33-105(86)113-107(88)101/h1-64H.